The topological polar surface area (TPSA) is 51.2 Å². The highest BCUT2D eigenvalue weighted by Gasteiger charge is 2.31. The number of hydrogen-bond acceptors (Lipinski definition) is 3. The van der Waals surface area contributed by atoms with E-state index < -0.39 is 20.9 Å². The third kappa shape index (κ3) is 3.17. The number of benzene rings is 2. The van der Waals surface area contributed by atoms with Crippen molar-refractivity contribution in [1.29, 1.82) is 0 Å². The number of aryl methyl sites for hydroxylation is 1. The van der Waals surface area contributed by atoms with Crippen molar-refractivity contribution >= 4 is 27.2 Å². The minimum Gasteiger partial charge on any atom is -0.293 e. The van der Waals surface area contributed by atoms with E-state index in [0.717, 1.165) is 0 Å². The van der Waals surface area contributed by atoms with Crippen LogP contribution in [0.1, 0.15) is 22.8 Å². The molecule has 0 saturated carbocycles. The Bertz CT molecular complexity index is 782. The monoisotopic (exact) mass is 322 g/mol. The SMILES string of the molecule is Cc1ccccc1S(=O)(=O)C(C)C(=O)c1cccc(Cl)c1. The number of sulfone groups is 1. The zero-order valence-corrected chi connectivity index (χ0v) is 13.3. The molecule has 3 nitrogen and oxygen atoms in total. The second kappa shape index (κ2) is 6.00. The van der Waals surface area contributed by atoms with Gasteiger partial charge in [-0.25, -0.2) is 8.42 Å². The molecule has 0 aliphatic heterocycles. The van der Waals surface area contributed by atoms with E-state index in [-0.39, 0.29) is 4.90 Å². The lowest BCUT2D eigenvalue weighted by atomic mass is 10.1. The fourth-order valence-corrected chi connectivity index (χ4v) is 3.86. The van der Waals surface area contributed by atoms with Crippen LogP contribution in [0.25, 0.3) is 0 Å². The summed E-state index contributed by atoms with van der Waals surface area (Å²) in [6, 6.07) is 13.0. The standard InChI is InChI=1S/C16H15ClO3S/c1-11-6-3-4-9-15(11)21(19,20)12(2)16(18)13-7-5-8-14(17)10-13/h3-10,12H,1-2H3. The molecule has 0 heterocycles. The molecule has 2 rings (SSSR count). The lowest BCUT2D eigenvalue weighted by molar-refractivity contribution is 0.0991. The van der Waals surface area contributed by atoms with Crippen LogP contribution in [0.3, 0.4) is 0 Å². The van der Waals surface area contributed by atoms with Gasteiger partial charge in [0.05, 0.1) is 4.90 Å². The lowest BCUT2D eigenvalue weighted by Crippen LogP contribution is -2.28. The summed E-state index contributed by atoms with van der Waals surface area (Å²) in [5.41, 5.74) is 0.926. The molecule has 2 aromatic carbocycles. The van der Waals surface area contributed by atoms with Gasteiger partial charge in [-0.05, 0) is 37.6 Å². The molecule has 110 valence electrons. The second-order valence-corrected chi connectivity index (χ2v) is 7.50. The van der Waals surface area contributed by atoms with Gasteiger partial charge in [0.2, 0.25) is 0 Å². The Kier molecular flexibility index (Phi) is 4.49. The average Bonchev–Trinajstić information content (AvgIpc) is 2.46. The highest BCUT2D eigenvalue weighted by Crippen LogP contribution is 2.23. The van der Waals surface area contributed by atoms with E-state index >= 15 is 0 Å². The number of carbonyl (C=O) groups is 1. The van der Waals surface area contributed by atoms with Gasteiger partial charge >= 0.3 is 0 Å². The first-order chi connectivity index (χ1) is 9.84. The zero-order valence-electron chi connectivity index (χ0n) is 11.7. The van der Waals surface area contributed by atoms with Crippen LogP contribution in [0.4, 0.5) is 0 Å². The van der Waals surface area contributed by atoms with Gasteiger partial charge in [0.1, 0.15) is 5.25 Å². The Morgan fingerprint density at radius 3 is 2.38 bits per heavy atom. The van der Waals surface area contributed by atoms with E-state index in [2.05, 4.69) is 0 Å². The van der Waals surface area contributed by atoms with E-state index in [1.165, 1.54) is 19.1 Å². The van der Waals surface area contributed by atoms with Crippen LogP contribution >= 0.6 is 11.6 Å². The minimum absolute atomic E-state index is 0.188. The Hall–Kier alpha value is -1.65. The lowest BCUT2D eigenvalue weighted by Gasteiger charge is -2.14. The van der Waals surface area contributed by atoms with Gasteiger partial charge in [0.25, 0.3) is 0 Å². The summed E-state index contributed by atoms with van der Waals surface area (Å²) in [6.07, 6.45) is 0. The fourth-order valence-electron chi connectivity index (χ4n) is 2.08. The summed E-state index contributed by atoms with van der Waals surface area (Å²) in [5, 5.41) is -0.751. The van der Waals surface area contributed by atoms with Gasteiger partial charge in [-0.1, -0.05) is 41.9 Å². The van der Waals surface area contributed by atoms with Gasteiger partial charge in [-0.2, -0.15) is 0 Å². The van der Waals surface area contributed by atoms with Crippen LogP contribution in [-0.4, -0.2) is 19.5 Å². The average molecular weight is 323 g/mol. The Morgan fingerprint density at radius 2 is 1.76 bits per heavy atom. The molecule has 0 aliphatic carbocycles. The van der Waals surface area contributed by atoms with Crippen molar-refractivity contribution in [3.05, 3.63) is 64.7 Å². The summed E-state index contributed by atoms with van der Waals surface area (Å²) in [6.45, 7) is 3.12. The molecule has 1 atom stereocenters. The van der Waals surface area contributed by atoms with E-state index in [9.17, 15) is 13.2 Å². The fraction of sp³-hybridized carbons (Fsp3) is 0.188. The Balaban J connectivity index is 2.42. The van der Waals surface area contributed by atoms with Crippen molar-refractivity contribution < 1.29 is 13.2 Å². The summed E-state index contributed by atoms with van der Waals surface area (Å²) in [7, 11) is -3.72. The number of halogens is 1. The molecular weight excluding hydrogens is 308 g/mol. The van der Waals surface area contributed by atoms with Crippen molar-refractivity contribution in [3.8, 4) is 0 Å². The van der Waals surface area contributed by atoms with Crippen molar-refractivity contribution in [2.45, 2.75) is 24.0 Å². The van der Waals surface area contributed by atoms with Crippen LogP contribution in [-0.2, 0) is 9.84 Å². The normalized spacial score (nSPS) is 12.9. The minimum atomic E-state index is -3.72. The number of carbonyl (C=O) groups excluding carboxylic acids is 1. The maximum Gasteiger partial charge on any atom is 0.188 e. The molecule has 21 heavy (non-hydrogen) atoms. The van der Waals surface area contributed by atoms with Gasteiger partial charge in [0, 0.05) is 10.6 Å². The van der Waals surface area contributed by atoms with Crippen LogP contribution < -0.4 is 0 Å². The maximum atomic E-state index is 12.6. The van der Waals surface area contributed by atoms with Crippen molar-refractivity contribution in [1.82, 2.24) is 0 Å². The van der Waals surface area contributed by atoms with Crippen LogP contribution in [0.15, 0.2) is 53.4 Å². The molecule has 0 aromatic heterocycles. The molecule has 0 bridgehead atoms. The summed E-state index contributed by atoms with van der Waals surface area (Å²) in [5.74, 6) is -0.458. The molecule has 2 aromatic rings. The predicted octanol–water partition coefficient (Wildman–Crippen LogP) is 3.69. The summed E-state index contributed by atoms with van der Waals surface area (Å²) < 4.78 is 25.2. The van der Waals surface area contributed by atoms with Crippen molar-refractivity contribution in [2.75, 3.05) is 0 Å². The first-order valence-electron chi connectivity index (χ1n) is 6.43. The largest absolute Gasteiger partial charge is 0.293 e. The molecule has 0 saturated heterocycles. The first-order valence-corrected chi connectivity index (χ1v) is 8.36. The van der Waals surface area contributed by atoms with Gasteiger partial charge < -0.3 is 0 Å². The summed E-state index contributed by atoms with van der Waals surface area (Å²) >= 11 is 5.85. The molecule has 0 amide bonds. The Labute approximate surface area is 129 Å². The predicted molar refractivity (Wildman–Crippen MR) is 83.6 cm³/mol. The van der Waals surface area contributed by atoms with Crippen molar-refractivity contribution in [2.24, 2.45) is 0 Å². The molecule has 0 fully saturated rings. The highest BCUT2D eigenvalue weighted by atomic mass is 35.5. The maximum absolute atomic E-state index is 12.6. The van der Waals surface area contributed by atoms with E-state index in [4.69, 9.17) is 11.6 Å². The van der Waals surface area contributed by atoms with Crippen molar-refractivity contribution in [3.63, 3.8) is 0 Å². The number of hydrogen-bond donors (Lipinski definition) is 0. The van der Waals surface area contributed by atoms with E-state index in [1.54, 1.807) is 43.3 Å². The Morgan fingerprint density at radius 1 is 1.10 bits per heavy atom. The van der Waals surface area contributed by atoms with Gasteiger partial charge in [0.15, 0.2) is 15.6 Å². The zero-order chi connectivity index (χ0) is 15.6. The van der Waals surface area contributed by atoms with Gasteiger partial charge in [-0.15, -0.1) is 0 Å². The molecule has 1 unspecified atom stereocenters. The molecular formula is C16H15ClO3S. The molecule has 0 aliphatic rings. The second-order valence-electron chi connectivity index (χ2n) is 4.83. The molecule has 0 radical (unpaired) electrons. The van der Waals surface area contributed by atoms with E-state index in [0.29, 0.717) is 16.1 Å². The molecule has 0 N–H and O–H groups in total. The number of ketones is 1. The van der Waals surface area contributed by atoms with Crippen LogP contribution in [0.2, 0.25) is 5.02 Å². The molecule has 5 heteroatoms. The molecule has 0 spiro atoms. The third-order valence-electron chi connectivity index (χ3n) is 3.34. The highest BCUT2D eigenvalue weighted by molar-refractivity contribution is 7.92. The quantitative estimate of drug-likeness (QED) is 0.807. The first kappa shape index (κ1) is 15.7. The van der Waals surface area contributed by atoms with Crippen LogP contribution in [0.5, 0.6) is 0 Å². The third-order valence-corrected chi connectivity index (χ3v) is 5.80. The smallest absolute Gasteiger partial charge is 0.188 e. The number of rotatable bonds is 4. The number of Topliss-reactive ketones (excluding diaryl/α,β-unsaturated/α-hetero) is 1. The van der Waals surface area contributed by atoms with Gasteiger partial charge in [-0.3, -0.25) is 4.79 Å². The van der Waals surface area contributed by atoms with E-state index in [1.807, 2.05) is 0 Å². The van der Waals surface area contributed by atoms with Crippen LogP contribution in [0, 0.1) is 6.92 Å². The summed E-state index contributed by atoms with van der Waals surface area (Å²) in [4.78, 5) is 12.6.